The van der Waals surface area contributed by atoms with E-state index in [4.69, 9.17) is 4.74 Å². The topological polar surface area (TPSA) is 67.4 Å². The van der Waals surface area contributed by atoms with Gasteiger partial charge in [-0.25, -0.2) is 8.42 Å². The number of benzene rings is 3. The standard InChI is InChI=1S/C27H28N2O3S/c1-17-10-11-20(14-18(17)2)29-33(30,31)22-12-13-26-25(16-22)23-8-5-9-24(23)27(28-26)19-6-4-7-21(15-19)32-3/h4-8,10-16,23-24,27-29H,9H2,1-3H3/t23-,24+,27-/m0/s1. The number of fused-ring (bicyclic) bond motifs is 3. The van der Waals surface area contributed by atoms with E-state index in [-0.39, 0.29) is 16.9 Å². The van der Waals surface area contributed by atoms with Gasteiger partial charge in [-0.05, 0) is 90.9 Å². The van der Waals surface area contributed by atoms with E-state index in [1.807, 2.05) is 50.2 Å². The molecule has 0 aromatic heterocycles. The number of allylic oxidation sites excluding steroid dienone is 2. The Morgan fingerprint density at radius 1 is 1.00 bits per heavy atom. The number of rotatable bonds is 5. The summed E-state index contributed by atoms with van der Waals surface area (Å²) >= 11 is 0. The Bertz CT molecular complexity index is 1350. The molecule has 1 aliphatic carbocycles. The number of anilines is 2. The maximum Gasteiger partial charge on any atom is 0.261 e. The van der Waals surface area contributed by atoms with Gasteiger partial charge in [0.05, 0.1) is 18.0 Å². The van der Waals surface area contributed by atoms with Gasteiger partial charge in [-0.15, -0.1) is 0 Å². The van der Waals surface area contributed by atoms with E-state index in [0.29, 0.717) is 11.6 Å². The molecular weight excluding hydrogens is 432 g/mol. The number of hydrogen-bond acceptors (Lipinski definition) is 4. The van der Waals surface area contributed by atoms with Crippen LogP contribution in [0.5, 0.6) is 5.75 Å². The quantitative estimate of drug-likeness (QED) is 0.463. The Kier molecular flexibility index (Phi) is 5.41. The highest BCUT2D eigenvalue weighted by Crippen LogP contribution is 2.50. The van der Waals surface area contributed by atoms with Gasteiger partial charge < -0.3 is 10.1 Å². The molecule has 0 spiro atoms. The fourth-order valence-electron chi connectivity index (χ4n) is 4.92. The first-order valence-electron chi connectivity index (χ1n) is 11.2. The molecule has 1 heterocycles. The van der Waals surface area contributed by atoms with E-state index >= 15 is 0 Å². The summed E-state index contributed by atoms with van der Waals surface area (Å²) in [6.07, 6.45) is 5.36. The number of nitrogens with one attached hydrogen (secondary N) is 2. The Balaban J connectivity index is 1.48. The first-order valence-corrected chi connectivity index (χ1v) is 12.7. The summed E-state index contributed by atoms with van der Waals surface area (Å²) in [7, 11) is -2.02. The molecule has 3 aromatic rings. The van der Waals surface area contributed by atoms with Crippen LogP contribution in [0.25, 0.3) is 0 Å². The van der Waals surface area contributed by atoms with Crippen LogP contribution in [0.1, 0.15) is 40.6 Å². The van der Waals surface area contributed by atoms with E-state index in [2.05, 4.69) is 34.3 Å². The van der Waals surface area contributed by atoms with Gasteiger partial charge in [-0.3, -0.25) is 4.72 Å². The van der Waals surface area contributed by atoms with Crippen molar-refractivity contribution in [3.05, 3.63) is 95.1 Å². The van der Waals surface area contributed by atoms with Crippen LogP contribution in [0.3, 0.4) is 0 Å². The molecule has 2 N–H and O–H groups in total. The van der Waals surface area contributed by atoms with Gasteiger partial charge in [0.2, 0.25) is 0 Å². The maximum absolute atomic E-state index is 13.2. The van der Waals surface area contributed by atoms with Crippen LogP contribution < -0.4 is 14.8 Å². The van der Waals surface area contributed by atoms with Crippen LogP contribution in [-0.2, 0) is 10.0 Å². The van der Waals surface area contributed by atoms with Crippen LogP contribution in [0.2, 0.25) is 0 Å². The fourth-order valence-corrected chi connectivity index (χ4v) is 6.01. The van der Waals surface area contributed by atoms with Gasteiger partial charge in [0, 0.05) is 17.3 Å². The third-order valence-corrected chi connectivity index (χ3v) is 8.24. The van der Waals surface area contributed by atoms with Crippen molar-refractivity contribution in [1.29, 1.82) is 0 Å². The van der Waals surface area contributed by atoms with Crippen LogP contribution in [-0.4, -0.2) is 15.5 Å². The van der Waals surface area contributed by atoms with E-state index in [1.165, 1.54) is 5.56 Å². The lowest BCUT2D eigenvalue weighted by atomic mass is 9.77. The predicted molar refractivity (Wildman–Crippen MR) is 133 cm³/mol. The first kappa shape index (κ1) is 21.6. The molecule has 0 bridgehead atoms. The molecule has 1 aliphatic heterocycles. The number of hydrogen-bond donors (Lipinski definition) is 2. The summed E-state index contributed by atoms with van der Waals surface area (Å²) in [5, 5.41) is 3.67. The molecule has 6 heteroatoms. The number of sulfonamides is 1. The van der Waals surface area contributed by atoms with Crippen LogP contribution in [0, 0.1) is 19.8 Å². The molecule has 170 valence electrons. The molecular formula is C27H28N2O3S. The third kappa shape index (κ3) is 4.00. The summed E-state index contributed by atoms with van der Waals surface area (Å²) in [4.78, 5) is 0.278. The molecule has 0 saturated carbocycles. The normalized spacial score (nSPS) is 21.1. The number of methoxy groups -OCH3 is 1. The first-order chi connectivity index (χ1) is 15.9. The largest absolute Gasteiger partial charge is 0.497 e. The van der Waals surface area contributed by atoms with Crippen molar-refractivity contribution in [2.75, 3.05) is 17.1 Å². The number of aryl methyl sites for hydroxylation is 2. The Morgan fingerprint density at radius 2 is 1.85 bits per heavy atom. The fraction of sp³-hybridized carbons (Fsp3) is 0.259. The van der Waals surface area contributed by atoms with Crippen LogP contribution in [0.15, 0.2) is 77.7 Å². The van der Waals surface area contributed by atoms with Gasteiger partial charge in [-0.2, -0.15) is 0 Å². The molecule has 0 fully saturated rings. The van der Waals surface area contributed by atoms with Crippen molar-refractivity contribution < 1.29 is 13.2 Å². The molecule has 0 saturated heterocycles. The molecule has 5 nitrogen and oxygen atoms in total. The molecule has 3 atom stereocenters. The Hall–Kier alpha value is -3.25. The average Bonchev–Trinajstić information content (AvgIpc) is 3.31. The Morgan fingerprint density at radius 3 is 2.64 bits per heavy atom. The zero-order chi connectivity index (χ0) is 23.2. The molecule has 3 aromatic carbocycles. The van der Waals surface area contributed by atoms with Gasteiger partial charge in [0.15, 0.2) is 0 Å². The second-order valence-corrected chi connectivity index (χ2v) is 10.6. The van der Waals surface area contributed by atoms with Crippen molar-refractivity contribution >= 4 is 21.4 Å². The zero-order valence-corrected chi connectivity index (χ0v) is 19.8. The Labute approximate surface area is 195 Å². The molecule has 2 aliphatic rings. The van der Waals surface area contributed by atoms with Gasteiger partial charge in [0.1, 0.15) is 5.75 Å². The van der Waals surface area contributed by atoms with Gasteiger partial charge in [0.25, 0.3) is 10.0 Å². The highest BCUT2D eigenvalue weighted by Gasteiger charge is 2.38. The minimum atomic E-state index is -3.70. The number of ether oxygens (including phenoxy) is 1. The minimum Gasteiger partial charge on any atom is -0.497 e. The van der Waals surface area contributed by atoms with E-state index in [9.17, 15) is 8.42 Å². The summed E-state index contributed by atoms with van der Waals surface area (Å²) < 4.78 is 34.5. The van der Waals surface area contributed by atoms with Crippen LogP contribution in [0.4, 0.5) is 11.4 Å². The monoisotopic (exact) mass is 460 g/mol. The molecule has 5 rings (SSSR count). The predicted octanol–water partition coefficient (Wildman–Crippen LogP) is 5.94. The lowest BCUT2D eigenvalue weighted by Crippen LogP contribution is -2.29. The summed E-state index contributed by atoms with van der Waals surface area (Å²) in [5.74, 6) is 1.31. The van der Waals surface area contributed by atoms with Crippen molar-refractivity contribution in [2.24, 2.45) is 5.92 Å². The highest BCUT2D eigenvalue weighted by molar-refractivity contribution is 7.92. The van der Waals surface area contributed by atoms with Crippen LogP contribution >= 0.6 is 0 Å². The zero-order valence-electron chi connectivity index (χ0n) is 19.0. The molecule has 33 heavy (non-hydrogen) atoms. The van der Waals surface area contributed by atoms with Gasteiger partial charge in [-0.1, -0.05) is 30.4 Å². The average molecular weight is 461 g/mol. The van der Waals surface area contributed by atoms with Crippen molar-refractivity contribution in [3.8, 4) is 5.75 Å². The second-order valence-electron chi connectivity index (χ2n) is 8.91. The smallest absolute Gasteiger partial charge is 0.261 e. The SMILES string of the molecule is COc1cccc([C@@H]2Nc3ccc(S(=O)(=O)Nc4ccc(C)c(C)c4)cc3[C@H]3C=CC[C@H]32)c1. The lowest BCUT2D eigenvalue weighted by molar-refractivity contribution is 0.406. The summed E-state index contributed by atoms with van der Waals surface area (Å²) in [5.41, 5.74) is 5.92. The lowest BCUT2D eigenvalue weighted by Gasteiger charge is -2.37. The van der Waals surface area contributed by atoms with Crippen molar-refractivity contribution in [3.63, 3.8) is 0 Å². The highest BCUT2D eigenvalue weighted by atomic mass is 32.2. The van der Waals surface area contributed by atoms with Crippen molar-refractivity contribution in [2.45, 2.75) is 37.1 Å². The second kappa shape index (κ2) is 8.27. The molecule has 0 amide bonds. The molecule has 0 unspecified atom stereocenters. The summed E-state index contributed by atoms with van der Waals surface area (Å²) in [6.45, 7) is 3.98. The maximum atomic E-state index is 13.2. The van der Waals surface area contributed by atoms with E-state index in [0.717, 1.165) is 34.5 Å². The van der Waals surface area contributed by atoms with Crippen molar-refractivity contribution in [1.82, 2.24) is 0 Å². The van der Waals surface area contributed by atoms with E-state index in [1.54, 1.807) is 19.2 Å². The summed E-state index contributed by atoms with van der Waals surface area (Å²) in [6, 6.07) is 19.3. The minimum absolute atomic E-state index is 0.128. The van der Waals surface area contributed by atoms with Gasteiger partial charge >= 0.3 is 0 Å². The van der Waals surface area contributed by atoms with E-state index < -0.39 is 10.0 Å². The molecule has 0 radical (unpaired) electrons. The third-order valence-electron chi connectivity index (χ3n) is 6.86.